The van der Waals surface area contributed by atoms with Crippen LogP contribution in [0.4, 0.5) is 11.6 Å². The van der Waals surface area contributed by atoms with Gasteiger partial charge in [-0.3, -0.25) is 5.10 Å². The maximum atomic E-state index is 6.02. The van der Waals surface area contributed by atoms with Gasteiger partial charge in [-0.2, -0.15) is 10.1 Å². The number of benzene rings is 2. The Kier molecular flexibility index (Phi) is 6.69. The van der Waals surface area contributed by atoms with Crippen molar-refractivity contribution in [1.82, 2.24) is 20.2 Å². The van der Waals surface area contributed by atoms with Gasteiger partial charge in [0.05, 0.1) is 11.4 Å². The van der Waals surface area contributed by atoms with Crippen LogP contribution in [0.25, 0.3) is 22.3 Å². The van der Waals surface area contributed by atoms with Gasteiger partial charge in [-0.15, -0.1) is 0 Å². The van der Waals surface area contributed by atoms with E-state index >= 15 is 0 Å². The summed E-state index contributed by atoms with van der Waals surface area (Å²) in [6, 6.07) is 19.5. The highest BCUT2D eigenvalue weighted by atomic mass is 15.2. The van der Waals surface area contributed by atoms with E-state index in [1.807, 2.05) is 18.3 Å². The predicted octanol–water partition coefficient (Wildman–Crippen LogP) is 4.20. The van der Waals surface area contributed by atoms with Gasteiger partial charge in [-0.1, -0.05) is 42.5 Å². The fourth-order valence-corrected chi connectivity index (χ4v) is 4.68. The first-order valence-corrected chi connectivity index (χ1v) is 12.0. The fourth-order valence-electron chi connectivity index (χ4n) is 4.68. The minimum atomic E-state index is 0.142. The molecule has 0 amide bonds. The normalized spacial score (nSPS) is 19.1. The zero-order chi connectivity index (χ0) is 23.3. The number of hydrogen-bond donors (Lipinski definition) is 5. The van der Waals surface area contributed by atoms with E-state index in [2.05, 4.69) is 73.3 Å². The Hall–Kier alpha value is -3.49. The van der Waals surface area contributed by atoms with Crippen molar-refractivity contribution in [1.29, 1.82) is 0 Å². The van der Waals surface area contributed by atoms with Crippen molar-refractivity contribution < 1.29 is 0 Å². The molecule has 0 aliphatic heterocycles. The predicted molar refractivity (Wildman–Crippen MR) is 137 cm³/mol. The zero-order valence-corrected chi connectivity index (χ0v) is 19.2. The highest BCUT2D eigenvalue weighted by Crippen LogP contribution is 2.30. The standard InChI is InChI=1S/C26H32N8/c27-14-13-23(17-5-2-1-3-6-17)30-21-8-4-7-18(15-21)24-22-16-29-26(32-25(22)34-33-24)31-20-11-9-19(28)10-12-20/h1-8,15-16,19-20,23,30H,9-14,27-28H2,(H2,29,31,32,33,34)/t19-,20-,23?. The molecule has 8 heteroatoms. The SMILES string of the molecule is NCCC(Nc1cccc(-c2n[nH]c3nc(N[C@H]4CC[C@H](N)CC4)ncc23)c1)c1ccccc1. The molecule has 4 aromatic rings. The molecule has 34 heavy (non-hydrogen) atoms. The van der Waals surface area contributed by atoms with Crippen molar-refractivity contribution in [3.8, 4) is 11.3 Å². The summed E-state index contributed by atoms with van der Waals surface area (Å²) in [5, 5.41) is 15.6. The van der Waals surface area contributed by atoms with Crippen LogP contribution in [0.5, 0.6) is 0 Å². The van der Waals surface area contributed by atoms with Gasteiger partial charge >= 0.3 is 0 Å². The number of H-pyrrole nitrogens is 1. The number of aromatic amines is 1. The number of hydrogen-bond acceptors (Lipinski definition) is 7. The summed E-state index contributed by atoms with van der Waals surface area (Å²) >= 11 is 0. The van der Waals surface area contributed by atoms with Crippen LogP contribution in [0.15, 0.2) is 60.8 Å². The molecule has 2 aromatic carbocycles. The topological polar surface area (TPSA) is 131 Å². The van der Waals surface area contributed by atoms with Crippen molar-refractivity contribution in [2.45, 2.75) is 50.2 Å². The number of nitrogens with zero attached hydrogens (tertiary/aromatic N) is 3. The lowest BCUT2D eigenvalue weighted by atomic mass is 9.92. The summed E-state index contributed by atoms with van der Waals surface area (Å²) in [5.41, 5.74) is 16.7. The van der Waals surface area contributed by atoms with Gasteiger partial charge in [-0.25, -0.2) is 4.98 Å². The van der Waals surface area contributed by atoms with Crippen molar-refractivity contribution >= 4 is 22.7 Å². The van der Waals surface area contributed by atoms with E-state index in [0.29, 0.717) is 24.6 Å². The van der Waals surface area contributed by atoms with Crippen molar-refractivity contribution in [2.24, 2.45) is 11.5 Å². The third-order valence-corrected chi connectivity index (χ3v) is 6.56. The molecule has 176 valence electrons. The van der Waals surface area contributed by atoms with Crippen molar-refractivity contribution in [2.75, 3.05) is 17.2 Å². The third kappa shape index (κ3) is 5.03. The van der Waals surface area contributed by atoms with Crippen LogP contribution in [0.1, 0.15) is 43.7 Å². The fraction of sp³-hybridized carbons (Fsp3) is 0.346. The maximum Gasteiger partial charge on any atom is 0.224 e. The average molecular weight is 457 g/mol. The largest absolute Gasteiger partial charge is 0.378 e. The Balaban J connectivity index is 1.35. The van der Waals surface area contributed by atoms with Gasteiger partial charge in [0, 0.05) is 29.5 Å². The highest BCUT2D eigenvalue weighted by molar-refractivity contribution is 5.91. The Morgan fingerprint density at radius 3 is 2.65 bits per heavy atom. The van der Waals surface area contributed by atoms with Crippen molar-refractivity contribution in [3.63, 3.8) is 0 Å². The molecule has 5 rings (SSSR count). The number of anilines is 2. The summed E-state index contributed by atoms with van der Waals surface area (Å²) in [6.45, 7) is 0.609. The summed E-state index contributed by atoms with van der Waals surface area (Å²) in [7, 11) is 0. The summed E-state index contributed by atoms with van der Waals surface area (Å²) in [4.78, 5) is 9.24. The Morgan fingerprint density at radius 2 is 1.85 bits per heavy atom. The molecule has 2 aromatic heterocycles. The smallest absolute Gasteiger partial charge is 0.224 e. The lowest BCUT2D eigenvalue weighted by Gasteiger charge is -2.26. The number of nitrogens with two attached hydrogens (primary N) is 2. The molecule has 1 aliphatic rings. The van der Waals surface area contributed by atoms with Crippen molar-refractivity contribution in [3.05, 3.63) is 66.4 Å². The maximum absolute atomic E-state index is 6.02. The van der Waals surface area contributed by atoms with Gasteiger partial charge in [0.25, 0.3) is 0 Å². The van der Waals surface area contributed by atoms with Crippen LogP contribution in [-0.4, -0.2) is 38.8 Å². The molecule has 8 nitrogen and oxygen atoms in total. The zero-order valence-electron chi connectivity index (χ0n) is 19.2. The first kappa shape index (κ1) is 22.3. The number of aromatic nitrogens is 4. The molecule has 7 N–H and O–H groups in total. The van der Waals surface area contributed by atoms with Crippen LogP contribution in [-0.2, 0) is 0 Å². The Morgan fingerprint density at radius 1 is 1.03 bits per heavy atom. The van der Waals surface area contributed by atoms with E-state index in [4.69, 9.17) is 11.5 Å². The molecular formula is C26H32N8. The monoisotopic (exact) mass is 456 g/mol. The molecule has 1 saturated carbocycles. The molecular weight excluding hydrogens is 424 g/mol. The second-order valence-corrected chi connectivity index (χ2v) is 9.05. The molecule has 0 spiro atoms. The molecule has 1 fully saturated rings. The average Bonchev–Trinajstić information content (AvgIpc) is 3.29. The molecule has 0 saturated heterocycles. The summed E-state index contributed by atoms with van der Waals surface area (Å²) in [5.74, 6) is 0.631. The van der Waals surface area contributed by atoms with Gasteiger partial charge in [0.15, 0.2) is 5.65 Å². The highest BCUT2D eigenvalue weighted by Gasteiger charge is 2.20. The van der Waals surface area contributed by atoms with Crippen LogP contribution in [0.2, 0.25) is 0 Å². The Bertz CT molecular complexity index is 1210. The molecule has 2 heterocycles. The second-order valence-electron chi connectivity index (χ2n) is 9.05. The van der Waals surface area contributed by atoms with Crippen LogP contribution in [0.3, 0.4) is 0 Å². The van der Waals surface area contributed by atoms with Crippen LogP contribution < -0.4 is 22.1 Å². The minimum absolute atomic E-state index is 0.142. The third-order valence-electron chi connectivity index (χ3n) is 6.56. The lowest BCUT2D eigenvalue weighted by Crippen LogP contribution is -2.33. The summed E-state index contributed by atoms with van der Waals surface area (Å²) < 4.78 is 0. The van der Waals surface area contributed by atoms with Gasteiger partial charge in [-0.05, 0) is 56.3 Å². The van der Waals surface area contributed by atoms with E-state index in [1.165, 1.54) is 5.56 Å². The van der Waals surface area contributed by atoms with Crippen LogP contribution >= 0.6 is 0 Å². The second kappa shape index (κ2) is 10.2. The van der Waals surface area contributed by atoms with Gasteiger partial charge < -0.3 is 22.1 Å². The molecule has 0 bridgehead atoms. The molecule has 1 unspecified atom stereocenters. The number of rotatable bonds is 8. The number of nitrogens with one attached hydrogen (secondary N) is 3. The van der Waals surface area contributed by atoms with E-state index in [1.54, 1.807) is 0 Å². The minimum Gasteiger partial charge on any atom is -0.378 e. The van der Waals surface area contributed by atoms with E-state index in [0.717, 1.165) is 60.1 Å². The number of fused-ring (bicyclic) bond motifs is 1. The quantitative estimate of drug-likeness (QED) is 0.268. The van der Waals surface area contributed by atoms with Gasteiger partial charge in [0.2, 0.25) is 5.95 Å². The van der Waals surface area contributed by atoms with Crippen LogP contribution in [0, 0.1) is 0 Å². The van der Waals surface area contributed by atoms with E-state index < -0.39 is 0 Å². The molecule has 1 aliphatic carbocycles. The van der Waals surface area contributed by atoms with Gasteiger partial charge in [0.1, 0.15) is 5.69 Å². The first-order valence-electron chi connectivity index (χ1n) is 12.0. The first-order chi connectivity index (χ1) is 16.7. The molecule has 1 atom stereocenters. The van der Waals surface area contributed by atoms with E-state index in [9.17, 15) is 0 Å². The summed E-state index contributed by atoms with van der Waals surface area (Å²) in [6.07, 6.45) is 6.86. The lowest BCUT2D eigenvalue weighted by molar-refractivity contribution is 0.410. The Labute approximate surface area is 199 Å². The molecule has 0 radical (unpaired) electrons. The van der Waals surface area contributed by atoms with E-state index in [-0.39, 0.29) is 6.04 Å².